The predicted molar refractivity (Wildman–Crippen MR) is 105 cm³/mol. The molecule has 0 aliphatic carbocycles. The molecule has 26 heavy (non-hydrogen) atoms. The van der Waals surface area contributed by atoms with E-state index in [2.05, 4.69) is 29.0 Å². The van der Waals surface area contributed by atoms with Crippen molar-refractivity contribution in [2.24, 2.45) is 0 Å². The average Bonchev–Trinajstić information content (AvgIpc) is 2.69. The third-order valence-corrected chi connectivity index (χ3v) is 4.22. The molecule has 0 radical (unpaired) electrons. The first-order valence-electron chi connectivity index (χ1n) is 8.87. The third kappa shape index (κ3) is 4.36. The minimum Gasteiger partial charge on any atom is -0.366 e. The molecule has 0 aliphatic heterocycles. The lowest BCUT2D eigenvalue weighted by molar-refractivity contribution is 0.627. The average molecular weight is 350 g/mol. The molecule has 134 valence electrons. The van der Waals surface area contributed by atoms with Crippen molar-refractivity contribution in [3.8, 4) is 11.3 Å². The summed E-state index contributed by atoms with van der Waals surface area (Å²) in [4.78, 5) is 11.5. The van der Waals surface area contributed by atoms with Crippen LogP contribution in [0.25, 0.3) is 11.3 Å². The molecular formula is C21H23FN4. The number of hydrogen-bond acceptors (Lipinski definition) is 4. The molecule has 0 bridgehead atoms. The van der Waals surface area contributed by atoms with Crippen LogP contribution in [0, 0.1) is 5.82 Å². The van der Waals surface area contributed by atoms with Gasteiger partial charge in [-0.15, -0.1) is 0 Å². The molecule has 1 heterocycles. The number of halogens is 1. The zero-order chi connectivity index (χ0) is 18.4. The fourth-order valence-corrected chi connectivity index (χ4v) is 2.72. The molecule has 0 atom stereocenters. The van der Waals surface area contributed by atoms with E-state index in [4.69, 9.17) is 4.98 Å². The first kappa shape index (κ1) is 17.9. The Labute approximate surface area is 153 Å². The Morgan fingerprint density at radius 2 is 1.62 bits per heavy atom. The monoisotopic (exact) mass is 350 g/mol. The molecule has 3 rings (SSSR count). The molecule has 0 fully saturated rings. The first-order chi connectivity index (χ1) is 12.7. The Hall–Kier alpha value is -2.95. The van der Waals surface area contributed by atoms with E-state index in [0.29, 0.717) is 12.5 Å². The number of benzene rings is 2. The smallest absolute Gasteiger partial charge is 0.227 e. The van der Waals surface area contributed by atoms with E-state index in [9.17, 15) is 4.39 Å². The SMILES string of the molecule is CCN(CC)c1nc(NCc2ccc(F)cc2)cc(-c2ccccc2)n1. The van der Waals surface area contributed by atoms with E-state index in [1.54, 1.807) is 12.1 Å². The minimum absolute atomic E-state index is 0.231. The quantitative estimate of drug-likeness (QED) is 0.668. The highest BCUT2D eigenvalue weighted by molar-refractivity contribution is 5.64. The van der Waals surface area contributed by atoms with Crippen LogP contribution < -0.4 is 10.2 Å². The van der Waals surface area contributed by atoms with E-state index < -0.39 is 0 Å². The van der Waals surface area contributed by atoms with Gasteiger partial charge >= 0.3 is 0 Å². The van der Waals surface area contributed by atoms with E-state index >= 15 is 0 Å². The van der Waals surface area contributed by atoms with Crippen LogP contribution in [0.2, 0.25) is 0 Å². The summed E-state index contributed by atoms with van der Waals surface area (Å²) in [6.45, 7) is 6.43. The van der Waals surface area contributed by atoms with Crippen LogP contribution in [0.4, 0.5) is 16.2 Å². The molecule has 1 N–H and O–H groups in total. The van der Waals surface area contributed by atoms with Gasteiger partial charge in [0.25, 0.3) is 0 Å². The van der Waals surface area contributed by atoms with Gasteiger partial charge in [-0.3, -0.25) is 0 Å². The molecule has 0 spiro atoms. The van der Waals surface area contributed by atoms with Crippen molar-refractivity contribution in [1.29, 1.82) is 0 Å². The summed E-state index contributed by atoms with van der Waals surface area (Å²) in [6, 6.07) is 18.5. The third-order valence-electron chi connectivity index (χ3n) is 4.22. The van der Waals surface area contributed by atoms with Gasteiger partial charge in [0, 0.05) is 31.3 Å². The molecule has 3 aromatic rings. The summed E-state index contributed by atoms with van der Waals surface area (Å²) in [7, 11) is 0. The lowest BCUT2D eigenvalue weighted by atomic mass is 10.1. The Kier molecular flexibility index (Phi) is 5.79. The summed E-state index contributed by atoms with van der Waals surface area (Å²) in [5.74, 6) is 1.23. The molecule has 0 amide bonds. The molecule has 0 unspecified atom stereocenters. The number of nitrogens with zero attached hydrogens (tertiary/aromatic N) is 3. The van der Waals surface area contributed by atoms with Crippen LogP contribution in [-0.2, 0) is 6.54 Å². The summed E-state index contributed by atoms with van der Waals surface area (Å²) < 4.78 is 13.1. The van der Waals surface area contributed by atoms with E-state index in [1.807, 2.05) is 36.4 Å². The maximum Gasteiger partial charge on any atom is 0.227 e. The number of hydrogen-bond donors (Lipinski definition) is 1. The van der Waals surface area contributed by atoms with Gasteiger partial charge in [0.15, 0.2) is 0 Å². The van der Waals surface area contributed by atoms with Crippen LogP contribution in [0.15, 0.2) is 60.7 Å². The highest BCUT2D eigenvalue weighted by atomic mass is 19.1. The fraction of sp³-hybridized carbons (Fsp3) is 0.238. The van der Waals surface area contributed by atoms with Gasteiger partial charge in [-0.25, -0.2) is 9.37 Å². The summed E-state index contributed by atoms with van der Waals surface area (Å²) >= 11 is 0. The Bertz CT molecular complexity index is 830. The summed E-state index contributed by atoms with van der Waals surface area (Å²) in [6.07, 6.45) is 0. The molecule has 0 saturated carbocycles. The zero-order valence-corrected chi connectivity index (χ0v) is 15.1. The maximum absolute atomic E-state index is 13.1. The van der Waals surface area contributed by atoms with E-state index in [-0.39, 0.29) is 5.82 Å². The standard InChI is InChI=1S/C21H23FN4/c1-3-26(4-2)21-24-19(17-8-6-5-7-9-17)14-20(25-21)23-15-16-10-12-18(22)13-11-16/h5-14H,3-4,15H2,1-2H3,(H,23,24,25). The van der Waals surface area contributed by atoms with Crippen LogP contribution in [0.5, 0.6) is 0 Å². The van der Waals surface area contributed by atoms with Crippen molar-refractivity contribution in [2.75, 3.05) is 23.3 Å². The molecule has 4 nitrogen and oxygen atoms in total. The van der Waals surface area contributed by atoms with Gasteiger partial charge in [0.1, 0.15) is 11.6 Å². The molecular weight excluding hydrogens is 327 g/mol. The van der Waals surface area contributed by atoms with Crippen molar-refractivity contribution < 1.29 is 4.39 Å². The van der Waals surface area contributed by atoms with Crippen molar-refractivity contribution >= 4 is 11.8 Å². The summed E-state index contributed by atoms with van der Waals surface area (Å²) in [5.41, 5.74) is 2.92. The van der Waals surface area contributed by atoms with Crippen molar-refractivity contribution in [1.82, 2.24) is 9.97 Å². The zero-order valence-electron chi connectivity index (χ0n) is 15.1. The molecule has 0 saturated heterocycles. The predicted octanol–water partition coefficient (Wildman–Crippen LogP) is 4.74. The maximum atomic E-state index is 13.1. The minimum atomic E-state index is -0.231. The topological polar surface area (TPSA) is 41.1 Å². The molecule has 5 heteroatoms. The van der Waals surface area contributed by atoms with Crippen LogP contribution in [0.1, 0.15) is 19.4 Å². The lowest BCUT2D eigenvalue weighted by Crippen LogP contribution is -2.24. The summed E-state index contributed by atoms with van der Waals surface area (Å²) in [5, 5.41) is 3.33. The van der Waals surface area contributed by atoms with Gasteiger partial charge in [0.05, 0.1) is 5.69 Å². The van der Waals surface area contributed by atoms with Gasteiger partial charge < -0.3 is 10.2 Å². The van der Waals surface area contributed by atoms with Crippen LogP contribution >= 0.6 is 0 Å². The van der Waals surface area contributed by atoms with Crippen LogP contribution in [0.3, 0.4) is 0 Å². The number of anilines is 2. The number of aromatic nitrogens is 2. The highest BCUT2D eigenvalue weighted by Gasteiger charge is 2.11. The lowest BCUT2D eigenvalue weighted by Gasteiger charge is -2.20. The second-order valence-electron chi connectivity index (χ2n) is 5.96. The Morgan fingerprint density at radius 1 is 0.923 bits per heavy atom. The van der Waals surface area contributed by atoms with Crippen molar-refractivity contribution in [3.05, 3.63) is 72.0 Å². The largest absolute Gasteiger partial charge is 0.366 e. The Balaban J connectivity index is 1.90. The fourth-order valence-electron chi connectivity index (χ4n) is 2.72. The number of rotatable bonds is 7. The second-order valence-corrected chi connectivity index (χ2v) is 5.96. The highest BCUT2D eigenvalue weighted by Crippen LogP contribution is 2.23. The second kappa shape index (κ2) is 8.43. The Morgan fingerprint density at radius 3 is 2.27 bits per heavy atom. The van der Waals surface area contributed by atoms with Gasteiger partial charge in [0.2, 0.25) is 5.95 Å². The van der Waals surface area contributed by atoms with E-state index in [1.165, 1.54) is 12.1 Å². The van der Waals surface area contributed by atoms with Gasteiger partial charge in [-0.1, -0.05) is 42.5 Å². The van der Waals surface area contributed by atoms with Crippen molar-refractivity contribution in [2.45, 2.75) is 20.4 Å². The van der Waals surface area contributed by atoms with E-state index in [0.717, 1.165) is 35.7 Å². The number of nitrogens with one attached hydrogen (secondary N) is 1. The van der Waals surface area contributed by atoms with Crippen molar-refractivity contribution in [3.63, 3.8) is 0 Å². The van der Waals surface area contributed by atoms with Gasteiger partial charge in [-0.05, 0) is 31.5 Å². The van der Waals surface area contributed by atoms with Gasteiger partial charge in [-0.2, -0.15) is 4.98 Å². The van der Waals surface area contributed by atoms with Crippen LogP contribution in [-0.4, -0.2) is 23.1 Å². The normalized spacial score (nSPS) is 10.6. The molecule has 2 aromatic carbocycles. The molecule has 0 aliphatic rings. The molecule has 1 aromatic heterocycles. The first-order valence-corrected chi connectivity index (χ1v) is 8.87.